The van der Waals surface area contributed by atoms with Gasteiger partial charge in [0.25, 0.3) is 0 Å². The van der Waals surface area contributed by atoms with Gasteiger partial charge in [0.15, 0.2) is 0 Å². The van der Waals surface area contributed by atoms with E-state index in [1.807, 2.05) is 6.20 Å². The minimum absolute atomic E-state index is 1.14. The van der Waals surface area contributed by atoms with E-state index in [4.69, 9.17) is 0 Å². The molecule has 0 unspecified atom stereocenters. The molecule has 1 aromatic rings. The molecule has 16 heavy (non-hydrogen) atoms. The molecule has 0 saturated heterocycles. The Labute approximate surface area is 97.6 Å². The van der Waals surface area contributed by atoms with Crippen LogP contribution in [-0.4, -0.2) is 34.5 Å². The molecule has 3 nitrogen and oxygen atoms in total. The Balaban J connectivity index is 1.43. The van der Waals surface area contributed by atoms with Crippen molar-refractivity contribution in [2.45, 2.75) is 32.1 Å². The van der Waals surface area contributed by atoms with Gasteiger partial charge < -0.3 is 4.98 Å². The molecule has 0 atom stereocenters. The van der Waals surface area contributed by atoms with Crippen molar-refractivity contribution in [1.29, 1.82) is 0 Å². The van der Waals surface area contributed by atoms with Gasteiger partial charge in [-0.05, 0) is 25.8 Å². The number of imidazole rings is 1. The lowest BCUT2D eigenvalue weighted by molar-refractivity contribution is 0.340. The summed E-state index contributed by atoms with van der Waals surface area (Å²) in [6.07, 6.45) is 14.7. The van der Waals surface area contributed by atoms with Gasteiger partial charge in [0.05, 0.1) is 6.33 Å². The van der Waals surface area contributed by atoms with Gasteiger partial charge in [-0.15, -0.1) is 0 Å². The minimum Gasteiger partial charge on any atom is -0.348 e. The van der Waals surface area contributed by atoms with E-state index >= 15 is 0 Å². The molecular formula is C13H21N3. The van der Waals surface area contributed by atoms with Crippen LogP contribution in [0.25, 0.3) is 0 Å². The van der Waals surface area contributed by atoms with Crippen LogP contribution in [0.2, 0.25) is 0 Å². The molecule has 0 radical (unpaired) electrons. The maximum atomic E-state index is 4.02. The van der Waals surface area contributed by atoms with Crippen molar-refractivity contribution in [3.05, 3.63) is 30.4 Å². The van der Waals surface area contributed by atoms with Crippen LogP contribution in [0.3, 0.4) is 0 Å². The number of nitrogens with one attached hydrogen (secondary N) is 1. The van der Waals surface area contributed by atoms with E-state index < -0.39 is 0 Å². The van der Waals surface area contributed by atoms with E-state index in [1.165, 1.54) is 37.9 Å². The minimum atomic E-state index is 1.14. The summed E-state index contributed by atoms with van der Waals surface area (Å²) in [5.74, 6) is 0. The number of aromatic amines is 1. The summed E-state index contributed by atoms with van der Waals surface area (Å²) in [6.45, 7) is 3.58. The second-order valence-electron chi connectivity index (χ2n) is 4.47. The van der Waals surface area contributed by atoms with Crippen molar-refractivity contribution in [2.75, 3.05) is 19.6 Å². The van der Waals surface area contributed by atoms with Gasteiger partial charge in [0.1, 0.15) is 0 Å². The Hall–Kier alpha value is -1.09. The van der Waals surface area contributed by atoms with Crippen LogP contribution >= 0.6 is 0 Å². The van der Waals surface area contributed by atoms with Crippen LogP contribution in [0, 0.1) is 0 Å². The van der Waals surface area contributed by atoms with Gasteiger partial charge in [-0.3, -0.25) is 4.90 Å². The lowest BCUT2D eigenvalue weighted by Crippen LogP contribution is -2.20. The van der Waals surface area contributed by atoms with Crippen molar-refractivity contribution >= 4 is 0 Å². The maximum Gasteiger partial charge on any atom is 0.0921 e. The second kappa shape index (κ2) is 6.48. The predicted molar refractivity (Wildman–Crippen MR) is 66.3 cm³/mol. The number of aryl methyl sites for hydroxylation is 1. The van der Waals surface area contributed by atoms with Gasteiger partial charge in [0, 0.05) is 25.0 Å². The normalized spacial score (nSPS) is 16.0. The molecule has 0 amide bonds. The number of hydrogen-bond acceptors (Lipinski definition) is 2. The molecule has 0 aliphatic carbocycles. The number of rotatable bonds is 7. The van der Waals surface area contributed by atoms with Gasteiger partial charge in [0.2, 0.25) is 0 Å². The summed E-state index contributed by atoms with van der Waals surface area (Å²) < 4.78 is 0. The first-order valence-electron chi connectivity index (χ1n) is 6.30. The van der Waals surface area contributed by atoms with E-state index in [1.54, 1.807) is 6.33 Å². The van der Waals surface area contributed by atoms with E-state index in [-0.39, 0.29) is 0 Å². The Morgan fingerprint density at radius 3 is 2.69 bits per heavy atom. The highest BCUT2D eigenvalue weighted by Crippen LogP contribution is 2.07. The molecule has 0 fully saturated rings. The average Bonchev–Trinajstić information content (AvgIpc) is 2.96. The van der Waals surface area contributed by atoms with Crippen molar-refractivity contribution in [3.63, 3.8) is 0 Å². The first kappa shape index (κ1) is 11.4. The molecule has 0 spiro atoms. The van der Waals surface area contributed by atoms with Crippen molar-refractivity contribution in [2.24, 2.45) is 0 Å². The smallest absolute Gasteiger partial charge is 0.0921 e. The summed E-state index contributed by atoms with van der Waals surface area (Å²) in [4.78, 5) is 9.66. The molecule has 0 saturated carbocycles. The van der Waals surface area contributed by atoms with Crippen molar-refractivity contribution in [3.8, 4) is 0 Å². The molecule has 0 bridgehead atoms. The SMILES string of the molecule is C1=CCN(CCCCCCc2cnc[nH]2)C1. The highest BCUT2D eigenvalue weighted by atomic mass is 15.1. The first-order chi connectivity index (χ1) is 7.95. The third-order valence-electron chi connectivity index (χ3n) is 3.12. The molecule has 1 aromatic heterocycles. The fraction of sp³-hybridized carbons (Fsp3) is 0.615. The molecule has 1 aliphatic heterocycles. The molecule has 0 aromatic carbocycles. The number of H-pyrrole nitrogens is 1. The molecule has 3 heteroatoms. The predicted octanol–water partition coefficient (Wildman–Crippen LogP) is 2.38. The second-order valence-corrected chi connectivity index (χ2v) is 4.47. The van der Waals surface area contributed by atoms with E-state index in [0.29, 0.717) is 0 Å². The van der Waals surface area contributed by atoms with Crippen LogP contribution in [0.15, 0.2) is 24.7 Å². The lowest BCUT2D eigenvalue weighted by Gasteiger charge is -2.13. The van der Waals surface area contributed by atoms with Gasteiger partial charge in [-0.2, -0.15) is 0 Å². The Kier molecular flexibility index (Phi) is 4.62. The number of unbranched alkanes of at least 4 members (excludes halogenated alkanes) is 3. The third-order valence-corrected chi connectivity index (χ3v) is 3.12. The number of aromatic nitrogens is 2. The van der Waals surface area contributed by atoms with E-state index in [2.05, 4.69) is 27.0 Å². The number of hydrogen-bond donors (Lipinski definition) is 1. The third kappa shape index (κ3) is 3.81. The first-order valence-corrected chi connectivity index (χ1v) is 6.30. The zero-order chi connectivity index (χ0) is 11.1. The van der Waals surface area contributed by atoms with Gasteiger partial charge >= 0.3 is 0 Å². The Morgan fingerprint density at radius 2 is 1.94 bits per heavy atom. The fourth-order valence-electron chi connectivity index (χ4n) is 2.13. The van der Waals surface area contributed by atoms with Gasteiger partial charge in [-0.1, -0.05) is 25.0 Å². The number of nitrogens with zero attached hydrogens (tertiary/aromatic N) is 2. The molecule has 2 heterocycles. The topological polar surface area (TPSA) is 31.9 Å². The Bertz CT molecular complexity index is 295. The van der Waals surface area contributed by atoms with Gasteiger partial charge in [-0.25, -0.2) is 4.98 Å². The van der Waals surface area contributed by atoms with Crippen LogP contribution in [0.5, 0.6) is 0 Å². The fourth-order valence-corrected chi connectivity index (χ4v) is 2.13. The standard InChI is InChI=1S/C13H21N3/c1(3-7-13-11-14-12-15-13)2-4-8-16-9-5-6-10-16/h5-6,11-12H,1-4,7-10H2,(H,14,15). The van der Waals surface area contributed by atoms with Crippen molar-refractivity contribution in [1.82, 2.24) is 14.9 Å². The zero-order valence-corrected chi connectivity index (χ0v) is 9.86. The molecule has 1 N–H and O–H groups in total. The van der Waals surface area contributed by atoms with Crippen LogP contribution < -0.4 is 0 Å². The Morgan fingerprint density at radius 1 is 1.12 bits per heavy atom. The highest BCUT2D eigenvalue weighted by molar-refractivity contribution is 4.95. The maximum absolute atomic E-state index is 4.02. The summed E-state index contributed by atoms with van der Waals surface area (Å²) in [7, 11) is 0. The largest absolute Gasteiger partial charge is 0.348 e. The summed E-state index contributed by atoms with van der Waals surface area (Å²) in [6, 6.07) is 0. The molecule has 88 valence electrons. The summed E-state index contributed by atoms with van der Waals surface area (Å²) in [5, 5.41) is 0. The van der Waals surface area contributed by atoms with Crippen LogP contribution in [-0.2, 0) is 6.42 Å². The van der Waals surface area contributed by atoms with E-state index in [0.717, 1.165) is 19.5 Å². The lowest BCUT2D eigenvalue weighted by atomic mass is 10.1. The van der Waals surface area contributed by atoms with Crippen LogP contribution in [0.4, 0.5) is 0 Å². The summed E-state index contributed by atoms with van der Waals surface area (Å²) in [5.41, 5.74) is 1.27. The summed E-state index contributed by atoms with van der Waals surface area (Å²) >= 11 is 0. The monoisotopic (exact) mass is 219 g/mol. The average molecular weight is 219 g/mol. The molecular weight excluding hydrogens is 198 g/mol. The molecule has 2 rings (SSSR count). The zero-order valence-electron chi connectivity index (χ0n) is 9.86. The van der Waals surface area contributed by atoms with Crippen LogP contribution in [0.1, 0.15) is 31.4 Å². The quantitative estimate of drug-likeness (QED) is 0.564. The highest BCUT2D eigenvalue weighted by Gasteiger charge is 2.04. The molecule has 1 aliphatic rings. The van der Waals surface area contributed by atoms with E-state index in [9.17, 15) is 0 Å². The van der Waals surface area contributed by atoms with Crippen molar-refractivity contribution < 1.29 is 0 Å².